The molecular weight excluding hydrogens is 304 g/mol. The second-order valence-corrected chi connectivity index (χ2v) is 8.13. The Bertz CT molecular complexity index is 623. The average Bonchev–Trinajstić information content (AvgIpc) is 2.51. The number of ether oxygens (including phenoxy) is 2. The van der Waals surface area contributed by atoms with Gasteiger partial charge >= 0.3 is 6.16 Å². The number of phenols is 1. The van der Waals surface area contributed by atoms with Crippen molar-refractivity contribution in [1.82, 2.24) is 0 Å². The molecule has 1 aromatic carbocycles. The first-order valence-electron chi connectivity index (χ1n) is 9.20. The van der Waals surface area contributed by atoms with Gasteiger partial charge in [-0.3, -0.25) is 0 Å². The molecule has 4 bridgehead atoms. The normalized spacial score (nSPS) is 36.6. The molecule has 0 radical (unpaired) electrons. The van der Waals surface area contributed by atoms with Crippen molar-refractivity contribution in [2.75, 3.05) is 0 Å². The van der Waals surface area contributed by atoms with Crippen LogP contribution < -0.4 is 4.74 Å². The fraction of sp³-hybridized carbons (Fsp3) is 0.650. The van der Waals surface area contributed by atoms with Gasteiger partial charge in [0.05, 0.1) is 0 Å². The molecule has 0 unspecified atom stereocenters. The average molecular weight is 330 g/mol. The second kappa shape index (κ2) is 5.68. The Hall–Kier alpha value is -1.71. The summed E-state index contributed by atoms with van der Waals surface area (Å²) in [6, 6.07) is 4.91. The van der Waals surface area contributed by atoms with E-state index in [0.717, 1.165) is 23.8 Å². The molecule has 24 heavy (non-hydrogen) atoms. The number of benzene rings is 1. The Morgan fingerprint density at radius 2 is 1.75 bits per heavy atom. The molecule has 1 N–H and O–H groups in total. The molecule has 5 rings (SSSR count). The first-order chi connectivity index (χ1) is 11.5. The van der Waals surface area contributed by atoms with Gasteiger partial charge in [-0.05, 0) is 86.8 Å². The molecule has 4 aliphatic rings. The van der Waals surface area contributed by atoms with Crippen LogP contribution in [0.3, 0.4) is 0 Å². The summed E-state index contributed by atoms with van der Waals surface area (Å²) in [6.07, 6.45) is 6.23. The van der Waals surface area contributed by atoms with Crippen LogP contribution in [0.4, 0.5) is 4.79 Å². The molecule has 0 spiro atoms. The summed E-state index contributed by atoms with van der Waals surface area (Å²) in [4.78, 5) is 12.4. The van der Waals surface area contributed by atoms with Crippen LogP contribution in [0.1, 0.15) is 51.5 Å². The molecule has 0 aromatic heterocycles. The monoisotopic (exact) mass is 330 g/mol. The highest BCUT2D eigenvalue weighted by molar-refractivity contribution is 5.65. The van der Waals surface area contributed by atoms with Crippen molar-refractivity contribution in [1.29, 1.82) is 0 Å². The van der Waals surface area contributed by atoms with Crippen molar-refractivity contribution in [2.45, 2.75) is 58.0 Å². The van der Waals surface area contributed by atoms with Gasteiger partial charge < -0.3 is 14.6 Å². The van der Waals surface area contributed by atoms with E-state index in [4.69, 9.17) is 9.47 Å². The molecule has 1 aromatic rings. The van der Waals surface area contributed by atoms with Crippen LogP contribution in [0.5, 0.6) is 11.5 Å². The molecule has 4 saturated carbocycles. The molecule has 130 valence electrons. The molecule has 0 atom stereocenters. The van der Waals surface area contributed by atoms with E-state index in [9.17, 15) is 9.90 Å². The van der Waals surface area contributed by atoms with Gasteiger partial charge in [0, 0.05) is 6.07 Å². The Kier molecular flexibility index (Phi) is 3.74. The Morgan fingerprint density at radius 1 is 1.12 bits per heavy atom. The molecule has 4 fully saturated rings. The van der Waals surface area contributed by atoms with E-state index in [2.05, 4.69) is 6.92 Å². The highest BCUT2D eigenvalue weighted by Crippen LogP contribution is 2.59. The third-order valence-electron chi connectivity index (χ3n) is 6.62. The van der Waals surface area contributed by atoms with Crippen molar-refractivity contribution in [3.63, 3.8) is 0 Å². The predicted molar refractivity (Wildman–Crippen MR) is 90.0 cm³/mol. The standard InChI is InChI=1S/C20H26O4/c1-3-12-9-17(21)11-18(10-12)23-19(22)24-20(2)15-5-13-4-14(7-15)8-16(20)6-13/h9-11,13-16,21H,3-8H2,1-2H3. The summed E-state index contributed by atoms with van der Waals surface area (Å²) < 4.78 is 11.3. The summed E-state index contributed by atoms with van der Waals surface area (Å²) in [6.45, 7) is 4.09. The van der Waals surface area contributed by atoms with Crippen molar-refractivity contribution < 1.29 is 19.4 Å². The summed E-state index contributed by atoms with van der Waals surface area (Å²) in [7, 11) is 0. The molecule has 4 heteroatoms. The maximum absolute atomic E-state index is 12.4. The van der Waals surface area contributed by atoms with Crippen LogP contribution in [0.25, 0.3) is 0 Å². The van der Waals surface area contributed by atoms with E-state index in [-0.39, 0.29) is 5.75 Å². The van der Waals surface area contributed by atoms with Gasteiger partial charge in [-0.1, -0.05) is 6.92 Å². The van der Waals surface area contributed by atoms with E-state index in [1.54, 1.807) is 12.1 Å². The van der Waals surface area contributed by atoms with Crippen molar-refractivity contribution in [3.05, 3.63) is 23.8 Å². The minimum absolute atomic E-state index is 0.109. The summed E-state index contributed by atoms with van der Waals surface area (Å²) >= 11 is 0. The first-order valence-corrected chi connectivity index (χ1v) is 9.20. The lowest BCUT2D eigenvalue weighted by molar-refractivity contribution is -0.169. The van der Waals surface area contributed by atoms with E-state index in [0.29, 0.717) is 17.6 Å². The van der Waals surface area contributed by atoms with E-state index >= 15 is 0 Å². The SMILES string of the molecule is CCc1cc(O)cc(OC(=O)OC2(C)C3CC4CC(C3)CC2C4)c1. The Labute approximate surface area is 143 Å². The van der Waals surface area contributed by atoms with Gasteiger partial charge in [0.25, 0.3) is 0 Å². The molecule has 0 saturated heterocycles. The Balaban J connectivity index is 1.47. The molecule has 0 aliphatic heterocycles. The highest BCUT2D eigenvalue weighted by atomic mass is 16.7. The lowest BCUT2D eigenvalue weighted by Crippen LogP contribution is -2.58. The highest BCUT2D eigenvalue weighted by Gasteiger charge is 2.57. The number of carbonyl (C=O) groups is 1. The molecule has 4 nitrogen and oxygen atoms in total. The maximum atomic E-state index is 12.4. The van der Waals surface area contributed by atoms with Gasteiger partial charge in [0.15, 0.2) is 0 Å². The number of rotatable bonds is 3. The van der Waals surface area contributed by atoms with E-state index < -0.39 is 11.8 Å². The summed E-state index contributed by atoms with van der Waals surface area (Å²) in [5, 5.41) is 9.74. The fourth-order valence-electron chi connectivity index (χ4n) is 5.49. The molecule has 0 heterocycles. The third-order valence-corrected chi connectivity index (χ3v) is 6.62. The number of aryl methyl sites for hydroxylation is 1. The molecule has 4 aliphatic carbocycles. The quantitative estimate of drug-likeness (QED) is 0.645. The van der Waals surface area contributed by atoms with Crippen LogP contribution in [0, 0.1) is 23.7 Å². The lowest BCUT2D eigenvalue weighted by Gasteiger charge is -2.58. The van der Waals surface area contributed by atoms with Crippen molar-refractivity contribution >= 4 is 6.16 Å². The van der Waals surface area contributed by atoms with Gasteiger partial charge in [-0.2, -0.15) is 0 Å². The smallest absolute Gasteiger partial charge is 0.508 e. The number of aromatic hydroxyl groups is 1. The van der Waals surface area contributed by atoms with Crippen LogP contribution in [-0.4, -0.2) is 16.9 Å². The zero-order valence-corrected chi connectivity index (χ0v) is 14.5. The van der Waals surface area contributed by atoms with Gasteiger partial charge in [0.1, 0.15) is 17.1 Å². The van der Waals surface area contributed by atoms with Crippen molar-refractivity contribution in [2.24, 2.45) is 23.7 Å². The maximum Gasteiger partial charge on any atom is 0.514 e. The lowest BCUT2D eigenvalue weighted by atomic mass is 9.50. The molecular formula is C20H26O4. The van der Waals surface area contributed by atoms with Gasteiger partial charge in [-0.15, -0.1) is 0 Å². The zero-order valence-electron chi connectivity index (χ0n) is 14.5. The number of hydrogen-bond donors (Lipinski definition) is 1. The minimum atomic E-state index is -0.641. The zero-order chi connectivity index (χ0) is 16.9. The third kappa shape index (κ3) is 2.66. The minimum Gasteiger partial charge on any atom is -0.508 e. The largest absolute Gasteiger partial charge is 0.514 e. The van der Waals surface area contributed by atoms with E-state index in [1.165, 1.54) is 38.2 Å². The van der Waals surface area contributed by atoms with Crippen LogP contribution >= 0.6 is 0 Å². The van der Waals surface area contributed by atoms with Crippen molar-refractivity contribution in [3.8, 4) is 11.5 Å². The topological polar surface area (TPSA) is 55.8 Å². The fourth-order valence-corrected chi connectivity index (χ4v) is 5.49. The van der Waals surface area contributed by atoms with Crippen LogP contribution in [-0.2, 0) is 11.2 Å². The number of carbonyl (C=O) groups excluding carboxylic acids is 1. The molecule has 0 amide bonds. The van der Waals surface area contributed by atoms with Gasteiger partial charge in [0.2, 0.25) is 0 Å². The Morgan fingerprint density at radius 3 is 2.33 bits per heavy atom. The number of hydrogen-bond acceptors (Lipinski definition) is 4. The van der Waals surface area contributed by atoms with Gasteiger partial charge in [-0.25, -0.2) is 4.79 Å². The van der Waals surface area contributed by atoms with E-state index in [1.807, 2.05) is 6.92 Å². The second-order valence-electron chi connectivity index (χ2n) is 8.13. The number of phenolic OH excluding ortho intramolecular Hbond substituents is 1. The van der Waals surface area contributed by atoms with Crippen LogP contribution in [0.2, 0.25) is 0 Å². The first kappa shape index (κ1) is 15.8. The predicted octanol–water partition coefficient (Wildman–Crippen LogP) is 4.68. The summed E-state index contributed by atoms with van der Waals surface area (Å²) in [5.41, 5.74) is 0.535. The van der Waals surface area contributed by atoms with Crippen LogP contribution in [0.15, 0.2) is 18.2 Å². The summed E-state index contributed by atoms with van der Waals surface area (Å²) in [5.74, 6) is 3.06.